The highest BCUT2D eigenvalue weighted by Crippen LogP contribution is 2.18. The molecule has 1 aromatic heterocycles. The molecule has 1 aromatic rings. The van der Waals surface area contributed by atoms with Crippen molar-refractivity contribution in [2.24, 2.45) is 0 Å². The normalized spacial score (nSPS) is 20.5. The molecular weight excluding hydrogens is 352 g/mol. The lowest BCUT2D eigenvalue weighted by atomic mass is 10.3. The number of likely N-dealkylation sites (N-methyl/N-ethyl adjacent to an activating group) is 1. The lowest BCUT2D eigenvalue weighted by molar-refractivity contribution is -0.898. The Morgan fingerprint density at radius 1 is 0.923 bits per heavy atom. The maximum atomic E-state index is 12.2. The molecule has 8 nitrogen and oxygen atoms in total. The summed E-state index contributed by atoms with van der Waals surface area (Å²) in [5, 5.41) is 8.82. The minimum Gasteiger partial charge on any atom is -0.352 e. The zero-order valence-electron chi connectivity index (χ0n) is 15.9. The molecule has 2 aliphatic rings. The number of anilines is 2. The van der Waals surface area contributed by atoms with E-state index in [0.717, 1.165) is 37.8 Å². The lowest BCUT2D eigenvalue weighted by Crippen LogP contribution is -3.14. The second-order valence-electron chi connectivity index (χ2n) is 7.04. The molecule has 3 heterocycles. The van der Waals surface area contributed by atoms with Gasteiger partial charge in [-0.15, -0.1) is 10.2 Å². The van der Waals surface area contributed by atoms with Gasteiger partial charge in [-0.05, 0) is 25.5 Å². The molecule has 3 rings (SSSR count). The van der Waals surface area contributed by atoms with Crippen molar-refractivity contribution in [3.8, 4) is 0 Å². The van der Waals surface area contributed by atoms with Crippen LogP contribution in [0.2, 0.25) is 0 Å². The summed E-state index contributed by atoms with van der Waals surface area (Å²) in [6.45, 7) is 12.0. The van der Waals surface area contributed by atoms with Crippen LogP contribution in [0.15, 0.2) is 12.1 Å². The lowest BCUT2D eigenvalue weighted by Gasteiger charge is -2.35. The van der Waals surface area contributed by atoms with Gasteiger partial charge in [0.1, 0.15) is 0 Å². The van der Waals surface area contributed by atoms with Gasteiger partial charge in [0, 0.05) is 26.2 Å². The largest absolute Gasteiger partial charge is 0.352 e. The van der Waals surface area contributed by atoms with E-state index in [9.17, 15) is 8.42 Å². The van der Waals surface area contributed by atoms with E-state index in [1.807, 2.05) is 19.1 Å². The fourth-order valence-electron chi connectivity index (χ4n) is 3.64. The number of nitrogens with one attached hydrogen (secondary N) is 1. The van der Waals surface area contributed by atoms with Crippen LogP contribution in [0.5, 0.6) is 0 Å². The summed E-state index contributed by atoms with van der Waals surface area (Å²) in [5.74, 6) is 2.00. The van der Waals surface area contributed by atoms with Crippen LogP contribution in [0.25, 0.3) is 0 Å². The van der Waals surface area contributed by atoms with E-state index < -0.39 is 10.0 Å². The summed E-state index contributed by atoms with van der Waals surface area (Å²) in [6.07, 6.45) is 0.656. The van der Waals surface area contributed by atoms with Gasteiger partial charge in [-0.3, -0.25) is 0 Å². The standard InChI is InChI=1S/C17H30N6O2S/c1-3-15-26(24,25)23-13-11-22(12-14-23)17-6-5-16(18-19-17)21-9-7-20(4-2)8-10-21/h5-6H,3-4,7-15H2,1-2H3/p+1. The number of piperazine rings is 2. The van der Waals surface area contributed by atoms with Gasteiger partial charge < -0.3 is 14.7 Å². The number of aromatic nitrogens is 2. The molecule has 26 heavy (non-hydrogen) atoms. The Hall–Kier alpha value is -1.45. The van der Waals surface area contributed by atoms with Crippen molar-refractivity contribution < 1.29 is 13.3 Å². The van der Waals surface area contributed by atoms with Gasteiger partial charge in [-0.25, -0.2) is 8.42 Å². The molecule has 146 valence electrons. The Morgan fingerprint density at radius 3 is 1.92 bits per heavy atom. The summed E-state index contributed by atoms with van der Waals surface area (Å²) in [7, 11) is -3.11. The van der Waals surface area contributed by atoms with E-state index in [1.54, 1.807) is 9.21 Å². The van der Waals surface area contributed by atoms with Crippen LogP contribution < -0.4 is 14.7 Å². The molecule has 0 aromatic carbocycles. The summed E-state index contributed by atoms with van der Waals surface area (Å²) < 4.78 is 25.9. The van der Waals surface area contributed by atoms with E-state index in [-0.39, 0.29) is 5.75 Å². The highest BCUT2D eigenvalue weighted by molar-refractivity contribution is 7.89. The van der Waals surface area contributed by atoms with Gasteiger partial charge in [-0.2, -0.15) is 4.31 Å². The molecule has 0 aliphatic carbocycles. The summed E-state index contributed by atoms with van der Waals surface area (Å²) in [5.41, 5.74) is 0. The van der Waals surface area contributed by atoms with Gasteiger partial charge >= 0.3 is 0 Å². The first-order valence-corrected chi connectivity index (χ1v) is 11.3. The van der Waals surface area contributed by atoms with E-state index in [4.69, 9.17) is 0 Å². The molecule has 0 bridgehead atoms. The van der Waals surface area contributed by atoms with Crippen molar-refractivity contribution >= 4 is 21.7 Å². The molecule has 0 unspecified atom stereocenters. The average Bonchev–Trinajstić information content (AvgIpc) is 2.68. The smallest absolute Gasteiger partial charge is 0.214 e. The predicted octanol–water partition coefficient (Wildman–Crippen LogP) is -0.937. The molecule has 0 atom stereocenters. The first kappa shape index (κ1) is 19.3. The minimum atomic E-state index is -3.11. The van der Waals surface area contributed by atoms with Crippen molar-refractivity contribution in [2.75, 3.05) is 74.5 Å². The molecule has 2 fully saturated rings. The summed E-state index contributed by atoms with van der Waals surface area (Å²) >= 11 is 0. The maximum Gasteiger partial charge on any atom is 0.214 e. The minimum absolute atomic E-state index is 0.231. The highest BCUT2D eigenvalue weighted by atomic mass is 32.2. The quantitative estimate of drug-likeness (QED) is 0.684. The third kappa shape index (κ3) is 4.44. The van der Waals surface area contributed by atoms with Gasteiger partial charge in [0.2, 0.25) is 10.0 Å². The second-order valence-corrected chi connectivity index (χ2v) is 9.13. The van der Waals surface area contributed by atoms with E-state index in [2.05, 4.69) is 26.9 Å². The summed E-state index contributed by atoms with van der Waals surface area (Å²) in [6, 6.07) is 4.05. The number of sulfonamides is 1. The molecule has 0 amide bonds. The van der Waals surface area contributed by atoms with Crippen molar-refractivity contribution in [1.29, 1.82) is 0 Å². The Kier molecular flexibility index (Phi) is 6.31. The highest BCUT2D eigenvalue weighted by Gasteiger charge is 2.27. The van der Waals surface area contributed by atoms with Crippen LogP contribution >= 0.6 is 0 Å². The fourth-order valence-corrected chi connectivity index (χ4v) is 5.14. The summed E-state index contributed by atoms with van der Waals surface area (Å²) in [4.78, 5) is 6.06. The van der Waals surface area contributed by atoms with E-state index in [1.165, 1.54) is 6.54 Å². The first-order chi connectivity index (χ1) is 12.5. The van der Waals surface area contributed by atoms with Crippen molar-refractivity contribution in [3.05, 3.63) is 12.1 Å². The molecular formula is C17H31N6O2S+. The maximum absolute atomic E-state index is 12.2. The predicted molar refractivity (Wildman–Crippen MR) is 103 cm³/mol. The van der Waals surface area contributed by atoms with Gasteiger partial charge in [0.25, 0.3) is 0 Å². The van der Waals surface area contributed by atoms with Gasteiger partial charge in [0.05, 0.1) is 38.5 Å². The van der Waals surface area contributed by atoms with Crippen molar-refractivity contribution in [2.45, 2.75) is 20.3 Å². The van der Waals surface area contributed by atoms with Crippen molar-refractivity contribution in [3.63, 3.8) is 0 Å². The van der Waals surface area contributed by atoms with Crippen LogP contribution in [-0.4, -0.2) is 87.6 Å². The van der Waals surface area contributed by atoms with Crippen LogP contribution in [0.1, 0.15) is 20.3 Å². The monoisotopic (exact) mass is 383 g/mol. The molecule has 0 radical (unpaired) electrons. The van der Waals surface area contributed by atoms with E-state index in [0.29, 0.717) is 32.6 Å². The van der Waals surface area contributed by atoms with Gasteiger partial charge in [0.15, 0.2) is 11.6 Å². The Bertz CT molecular complexity index is 665. The van der Waals surface area contributed by atoms with Crippen LogP contribution in [0.4, 0.5) is 11.6 Å². The van der Waals surface area contributed by atoms with E-state index >= 15 is 0 Å². The fraction of sp³-hybridized carbons (Fsp3) is 0.765. The van der Waals surface area contributed by atoms with Crippen LogP contribution in [0, 0.1) is 0 Å². The van der Waals surface area contributed by atoms with Gasteiger partial charge in [-0.1, -0.05) is 6.92 Å². The zero-order chi connectivity index (χ0) is 18.6. The number of hydrogen-bond acceptors (Lipinski definition) is 6. The molecule has 0 spiro atoms. The number of quaternary nitrogens is 1. The Morgan fingerprint density at radius 2 is 1.46 bits per heavy atom. The molecule has 0 saturated carbocycles. The number of hydrogen-bond donors (Lipinski definition) is 1. The van der Waals surface area contributed by atoms with Crippen LogP contribution in [-0.2, 0) is 10.0 Å². The number of rotatable bonds is 6. The Labute approximate surface area is 156 Å². The van der Waals surface area contributed by atoms with Crippen LogP contribution in [0.3, 0.4) is 0 Å². The first-order valence-electron chi connectivity index (χ1n) is 9.68. The third-order valence-electron chi connectivity index (χ3n) is 5.35. The second kappa shape index (κ2) is 8.49. The molecule has 1 N–H and O–H groups in total. The zero-order valence-corrected chi connectivity index (χ0v) is 16.7. The Balaban J connectivity index is 1.55. The molecule has 9 heteroatoms. The number of nitrogens with zero attached hydrogens (tertiary/aromatic N) is 5. The third-order valence-corrected chi connectivity index (χ3v) is 7.43. The van der Waals surface area contributed by atoms with Crippen molar-refractivity contribution in [1.82, 2.24) is 14.5 Å². The average molecular weight is 384 g/mol. The SMILES string of the molecule is CCCS(=O)(=O)N1CCN(c2ccc(N3CC[NH+](CC)CC3)nn2)CC1. The molecule has 2 saturated heterocycles. The topological polar surface area (TPSA) is 74.1 Å². The molecule has 2 aliphatic heterocycles.